The Labute approximate surface area is 185 Å². The quantitative estimate of drug-likeness (QED) is 0.387. The van der Waals surface area contributed by atoms with Gasteiger partial charge in [-0.25, -0.2) is 4.98 Å². The molecule has 0 radical (unpaired) electrons. The Morgan fingerprint density at radius 3 is 2.61 bits per heavy atom. The SMILES string of the molecule is CC[C@@H]1C[C@@H](C(=O)NCc2ccc(C(=N)N)cc2)n2c1c(Cl)nc(NC1CCC1)c2=O. The number of rotatable bonds is 7. The molecular weight excluding hydrogens is 416 g/mol. The van der Waals surface area contributed by atoms with Gasteiger partial charge in [0.1, 0.15) is 11.9 Å². The first-order valence-electron chi connectivity index (χ1n) is 10.7. The van der Waals surface area contributed by atoms with E-state index in [9.17, 15) is 9.59 Å². The van der Waals surface area contributed by atoms with E-state index in [1.54, 1.807) is 16.7 Å². The van der Waals surface area contributed by atoms with Crippen LogP contribution in [0.2, 0.25) is 5.15 Å². The number of aromatic nitrogens is 2. The molecule has 8 nitrogen and oxygen atoms in total. The first kappa shape index (κ1) is 21.4. The van der Waals surface area contributed by atoms with Gasteiger partial charge in [-0.15, -0.1) is 0 Å². The van der Waals surface area contributed by atoms with Gasteiger partial charge in [0, 0.05) is 24.1 Å². The van der Waals surface area contributed by atoms with E-state index in [-0.39, 0.29) is 35.1 Å². The van der Waals surface area contributed by atoms with Gasteiger partial charge in [-0.2, -0.15) is 0 Å². The Kier molecular flexibility index (Phi) is 6.00. The zero-order chi connectivity index (χ0) is 22.1. The van der Waals surface area contributed by atoms with Crippen LogP contribution in [-0.4, -0.2) is 27.3 Å². The maximum atomic E-state index is 13.2. The van der Waals surface area contributed by atoms with Crippen molar-refractivity contribution in [1.29, 1.82) is 5.41 Å². The summed E-state index contributed by atoms with van der Waals surface area (Å²) in [6.45, 7) is 2.34. The van der Waals surface area contributed by atoms with Crippen LogP contribution in [0.15, 0.2) is 29.1 Å². The lowest BCUT2D eigenvalue weighted by Crippen LogP contribution is -2.38. The molecule has 1 fully saturated rings. The largest absolute Gasteiger partial charge is 0.384 e. The Morgan fingerprint density at radius 2 is 2.03 bits per heavy atom. The molecule has 1 aliphatic heterocycles. The first-order valence-corrected chi connectivity index (χ1v) is 11.1. The van der Waals surface area contributed by atoms with E-state index in [0.717, 1.165) is 31.2 Å². The summed E-state index contributed by atoms with van der Waals surface area (Å²) < 4.78 is 1.54. The number of anilines is 1. The number of amidine groups is 1. The van der Waals surface area contributed by atoms with Crippen molar-refractivity contribution >= 4 is 29.2 Å². The maximum Gasteiger partial charge on any atom is 0.294 e. The first-order chi connectivity index (χ1) is 14.9. The van der Waals surface area contributed by atoms with Crippen molar-refractivity contribution in [3.8, 4) is 0 Å². The number of halogens is 1. The summed E-state index contributed by atoms with van der Waals surface area (Å²) in [4.78, 5) is 30.6. The van der Waals surface area contributed by atoms with E-state index in [1.165, 1.54) is 0 Å². The number of nitrogens with two attached hydrogens (primary N) is 1. The Bertz CT molecular complexity index is 1060. The summed E-state index contributed by atoms with van der Waals surface area (Å²) >= 11 is 6.48. The van der Waals surface area contributed by atoms with Crippen LogP contribution in [0, 0.1) is 5.41 Å². The summed E-state index contributed by atoms with van der Waals surface area (Å²) in [6.07, 6.45) is 4.44. The Hall–Kier alpha value is -2.87. The Balaban J connectivity index is 1.56. The number of nitrogens with zero attached hydrogens (tertiary/aromatic N) is 2. The van der Waals surface area contributed by atoms with Gasteiger partial charge in [0.15, 0.2) is 11.0 Å². The number of nitrogen functional groups attached to an aromatic ring is 1. The van der Waals surface area contributed by atoms with Crippen molar-refractivity contribution in [2.45, 2.75) is 63.6 Å². The van der Waals surface area contributed by atoms with Crippen molar-refractivity contribution < 1.29 is 4.79 Å². The zero-order valence-electron chi connectivity index (χ0n) is 17.5. The fraction of sp³-hybridized carbons (Fsp3) is 0.455. The highest BCUT2D eigenvalue weighted by Gasteiger charge is 2.38. The topological polar surface area (TPSA) is 126 Å². The molecule has 9 heteroatoms. The second-order valence-corrected chi connectivity index (χ2v) is 8.63. The minimum Gasteiger partial charge on any atom is -0.384 e. The highest BCUT2D eigenvalue weighted by Crippen LogP contribution is 2.40. The minimum absolute atomic E-state index is 0.0000616. The molecule has 2 heterocycles. The summed E-state index contributed by atoms with van der Waals surface area (Å²) in [5, 5.41) is 13.9. The monoisotopic (exact) mass is 442 g/mol. The van der Waals surface area contributed by atoms with Crippen LogP contribution in [-0.2, 0) is 11.3 Å². The fourth-order valence-electron chi connectivity index (χ4n) is 4.22. The van der Waals surface area contributed by atoms with Crippen LogP contribution in [0.1, 0.15) is 67.8 Å². The normalized spacial score (nSPS) is 20.1. The number of nitrogens with one attached hydrogen (secondary N) is 3. The van der Waals surface area contributed by atoms with E-state index in [0.29, 0.717) is 29.4 Å². The minimum atomic E-state index is -0.619. The molecule has 31 heavy (non-hydrogen) atoms. The number of carbonyl (C=O) groups excluding carboxylic acids is 1. The van der Waals surface area contributed by atoms with Crippen molar-refractivity contribution in [2.24, 2.45) is 5.73 Å². The molecule has 0 spiro atoms. The van der Waals surface area contributed by atoms with Gasteiger partial charge in [0.25, 0.3) is 5.56 Å². The standard InChI is InChI=1S/C22H27ClN6O2/c1-2-13-10-16(21(30)26-11-12-6-8-14(9-7-12)19(24)25)29-17(13)18(23)28-20(22(29)31)27-15-4-3-5-15/h6-9,13,15-16H,2-5,10-11H2,1H3,(H3,24,25)(H,26,30)(H,27,28)/t13-,16+/m1/s1. The fourth-order valence-corrected chi connectivity index (χ4v) is 4.55. The van der Waals surface area contributed by atoms with E-state index in [2.05, 4.69) is 15.6 Å². The van der Waals surface area contributed by atoms with E-state index < -0.39 is 6.04 Å². The molecule has 2 aliphatic rings. The summed E-state index contributed by atoms with van der Waals surface area (Å²) in [5.41, 5.74) is 7.37. The van der Waals surface area contributed by atoms with Crippen molar-refractivity contribution in [3.63, 3.8) is 0 Å². The second-order valence-electron chi connectivity index (χ2n) is 8.27. The van der Waals surface area contributed by atoms with Crippen LogP contribution in [0.4, 0.5) is 5.82 Å². The third kappa shape index (κ3) is 4.17. The van der Waals surface area contributed by atoms with Crippen LogP contribution in [0.5, 0.6) is 0 Å². The lowest BCUT2D eigenvalue weighted by molar-refractivity contribution is -0.124. The predicted octanol–water partition coefficient (Wildman–Crippen LogP) is 2.90. The van der Waals surface area contributed by atoms with Crippen LogP contribution >= 0.6 is 11.6 Å². The molecule has 5 N–H and O–H groups in total. The molecule has 0 saturated heterocycles. The molecule has 0 unspecified atom stereocenters. The van der Waals surface area contributed by atoms with E-state index in [1.807, 2.05) is 19.1 Å². The Morgan fingerprint density at radius 1 is 1.32 bits per heavy atom. The third-order valence-electron chi connectivity index (χ3n) is 6.28. The van der Waals surface area contributed by atoms with E-state index >= 15 is 0 Å². The van der Waals surface area contributed by atoms with Crippen LogP contribution in [0.3, 0.4) is 0 Å². The molecule has 2 atom stereocenters. The number of carbonyl (C=O) groups is 1. The molecule has 1 saturated carbocycles. The molecule has 1 aromatic heterocycles. The van der Waals surface area contributed by atoms with Gasteiger partial charge in [-0.05, 0) is 37.7 Å². The second kappa shape index (κ2) is 8.70. The van der Waals surface area contributed by atoms with Crippen molar-refractivity contribution in [2.75, 3.05) is 5.32 Å². The van der Waals surface area contributed by atoms with Crippen molar-refractivity contribution in [3.05, 3.63) is 56.6 Å². The molecule has 164 valence electrons. The maximum absolute atomic E-state index is 13.2. The van der Waals surface area contributed by atoms with Crippen LogP contribution < -0.4 is 21.9 Å². The van der Waals surface area contributed by atoms with Gasteiger partial charge in [-0.1, -0.05) is 42.8 Å². The molecule has 2 aromatic rings. The summed E-state index contributed by atoms with van der Waals surface area (Å²) in [7, 11) is 0. The smallest absolute Gasteiger partial charge is 0.294 e. The molecule has 1 aliphatic carbocycles. The van der Waals surface area contributed by atoms with Gasteiger partial charge < -0.3 is 16.4 Å². The molecule has 4 rings (SSSR count). The average Bonchev–Trinajstić information content (AvgIpc) is 3.13. The molecule has 1 aromatic carbocycles. The highest BCUT2D eigenvalue weighted by molar-refractivity contribution is 6.30. The van der Waals surface area contributed by atoms with Gasteiger partial charge in [0.05, 0.1) is 5.69 Å². The van der Waals surface area contributed by atoms with E-state index in [4.69, 9.17) is 22.7 Å². The van der Waals surface area contributed by atoms with Gasteiger partial charge >= 0.3 is 0 Å². The highest BCUT2D eigenvalue weighted by atomic mass is 35.5. The molecule has 0 bridgehead atoms. The molecule has 1 amide bonds. The number of hydrogen-bond donors (Lipinski definition) is 4. The molecular formula is C22H27ClN6O2. The number of hydrogen-bond acceptors (Lipinski definition) is 5. The summed E-state index contributed by atoms with van der Waals surface area (Å²) in [5.74, 6) is 0.0237. The lowest BCUT2D eigenvalue weighted by atomic mass is 9.93. The van der Waals surface area contributed by atoms with Gasteiger partial charge in [-0.3, -0.25) is 19.6 Å². The predicted molar refractivity (Wildman–Crippen MR) is 121 cm³/mol. The number of amides is 1. The summed E-state index contributed by atoms with van der Waals surface area (Å²) in [6, 6.07) is 6.76. The lowest BCUT2D eigenvalue weighted by Gasteiger charge is -2.27. The number of fused-ring (bicyclic) bond motifs is 1. The van der Waals surface area contributed by atoms with Crippen molar-refractivity contribution in [1.82, 2.24) is 14.9 Å². The third-order valence-corrected chi connectivity index (χ3v) is 6.56. The number of benzene rings is 1. The average molecular weight is 443 g/mol. The zero-order valence-corrected chi connectivity index (χ0v) is 18.2. The van der Waals surface area contributed by atoms with Gasteiger partial charge in [0.2, 0.25) is 5.91 Å². The van der Waals surface area contributed by atoms with Crippen LogP contribution in [0.25, 0.3) is 0 Å².